The summed E-state index contributed by atoms with van der Waals surface area (Å²) in [5.41, 5.74) is 6.03. The molecule has 146 valence electrons. The summed E-state index contributed by atoms with van der Waals surface area (Å²) in [6.45, 7) is 12.5. The first-order chi connectivity index (χ1) is 11.8. The lowest BCUT2D eigenvalue weighted by molar-refractivity contribution is -0.138. The van der Waals surface area contributed by atoms with Crippen molar-refractivity contribution in [2.45, 2.75) is 70.6 Å². The van der Waals surface area contributed by atoms with E-state index in [-0.39, 0.29) is 36.1 Å². The van der Waals surface area contributed by atoms with Crippen molar-refractivity contribution in [3.63, 3.8) is 0 Å². The second kappa shape index (κ2) is 9.78. The van der Waals surface area contributed by atoms with Crippen LogP contribution in [0.3, 0.4) is 0 Å². The molecule has 6 atom stereocenters. The van der Waals surface area contributed by atoms with Crippen LogP contribution in [0.4, 0.5) is 0 Å². The highest BCUT2D eigenvalue weighted by atomic mass is 16.7. The maximum absolute atomic E-state index is 12.1. The van der Waals surface area contributed by atoms with E-state index >= 15 is 0 Å². The van der Waals surface area contributed by atoms with E-state index in [0.717, 1.165) is 6.42 Å². The van der Waals surface area contributed by atoms with Crippen LogP contribution in [0.2, 0.25) is 0 Å². The van der Waals surface area contributed by atoms with Crippen molar-refractivity contribution in [3.8, 4) is 0 Å². The molecule has 0 amide bonds. The van der Waals surface area contributed by atoms with Crippen molar-refractivity contribution < 1.29 is 19.0 Å². The molecule has 0 aliphatic carbocycles. The van der Waals surface area contributed by atoms with Crippen LogP contribution in [0.5, 0.6) is 0 Å². The van der Waals surface area contributed by atoms with E-state index in [1.54, 1.807) is 20.1 Å². The topological polar surface area (TPSA) is 74.0 Å². The molecule has 1 heterocycles. The average Bonchev–Trinajstić information content (AvgIpc) is 2.91. The lowest BCUT2D eigenvalue weighted by atomic mass is 9.81. The number of nitrogens with two attached hydrogens (primary N) is 1. The molecule has 6 heteroatoms. The molecule has 0 aromatic carbocycles. The van der Waals surface area contributed by atoms with Gasteiger partial charge in [0.1, 0.15) is 11.4 Å². The van der Waals surface area contributed by atoms with Gasteiger partial charge in [-0.2, -0.15) is 0 Å². The fraction of sp³-hybridized carbons (Fsp3) is 0.842. The molecule has 1 saturated heterocycles. The van der Waals surface area contributed by atoms with Gasteiger partial charge in [0.15, 0.2) is 6.29 Å². The van der Waals surface area contributed by atoms with E-state index in [9.17, 15) is 4.79 Å². The lowest BCUT2D eigenvalue weighted by Crippen LogP contribution is -2.60. The van der Waals surface area contributed by atoms with Crippen LogP contribution in [-0.2, 0) is 19.0 Å². The van der Waals surface area contributed by atoms with Gasteiger partial charge in [-0.1, -0.05) is 13.0 Å². The van der Waals surface area contributed by atoms with Crippen molar-refractivity contribution in [2.75, 3.05) is 27.4 Å². The molecular formula is C19H36N2O4. The monoisotopic (exact) mass is 356 g/mol. The van der Waals surface area contributed by atoms with Crippen molar-refractivity contribution >= 4 is 5.78 Å². The minimum Gasteiger partial charge on any atom is -0.372 e. The Labute approximate surface area is 152 Å². The fourth-order valence-corrected chi connectivity index (χ4v) is 4.01. The molecule has 2 N–H and O–H groups in total. The number of hydrogen-bond acceptors (Lipinski definition) is 6. The second-order valence-corrected chi connectivity index (χ2v) is 6.88. The Morgan fingerprint density at radius 2 is 2.08 bits per heavy atom. The molecule has 1 aliphatic heterocycles. The van der Waals surface area contributed by atoms with Crippen molar-refractivity contribution in [2.24, 2.45) is 11.7 Å². The molecule has 0 radical (unpaired) electrons. The molecule has 1 aliphatic rings. The normalized spacial score (nSPS) is 29.2. The van der Waals surface area contributed by atoms with Crippen molar-refractivity contribution in [3.05, 3.63) is 12.7 Å². The summed E-state index contributed by atoms with van der Waals surface area (Å²) >= 11 is 0. The van der Waals surface area contributed by atoms with Gasteiger partial charge in [0, 0.05) is 25.7 Å². The molecule has 3 unspecified atom stereocenters. The zero-order valence-corrected chi connectivity index (χ0v) is 16.7. The predicted molar refractivity (Wildman–Crippen MR) is 99.4 cm³/mol. The Balaban J connectivity index is 3.02. The molecule has 25 heavy (non-hydrogen) atoms. The van der Waals surface area contributed by atoms with Gasteiger partial charge in [0.2, 0.25) is 0 Å². The Morgan fingerprint density at radius 1 is 1.44 bits per heavy atom. The minimum atomic E-state index is -0.631. The third-order valence-corrected chi connectivity index (χ3v) is 5.60. The highest BCUT2D eigenvalue weighted by Gasteiger charge is 2.49. The molecule has 0 saturated carbocycles. The number of carbonyl (C=O) groups excluding carboxylic acids is 1. The fourth-order valence-electron chi connectivity index (χ4n) is 4.01. The molecule has 1 fully saturated rings. The van der Waals surface area contributed by atoms with Gasteiger partial charge in [0.25, 0.3) is 0 Å². The van der Waals surface area contributed by atoms with E-state index in [2.05, 4.69) is 11.5 Å². The van der Waals surface area contributed by atoms with E-state index in [1.165, 1.54) is 0 Å². The molecule has 0 bridgehead atoms. The van der Waals surface area contributed by atoms with Gasteiger partial charge in [-0.05, 0) is 40.7 Å². The molecule has 0 aromatic heterocycles. The number of likely N-dealkylation sites (tertiary alicyclic amines) is 1. The Kier molecular flexibility index (Phi) is 8.71. The third-order valence-electron chi connectivity index (χ3n) is 5.60. The van der Waals surface area contributed by atoms with Gasteiger partial charge in [0.05, 0.1) is 18.7 Å². The van der Waals surface area contributed by atoms with E-state index in [4.69, 9.17) is 19.9 Å². The Bertz CT molecular complexity index is 439. The predicted octanol–water partition coefficient (Wildman–Crippen LogP) is 1.97. The zero-order valence-electron chi connectivity index (χ0n) is 16.7. The van der Waals surface area contributed by atoms with Crippen molar-refractivity contribution in [1.29, 1.82) is 0 Å². The van der Waals surface area contributed by atoms with Crippen LogP contribution < -0.4 is 5.73 Å². The number of ketones is 1. The Hall–Kier alpha value is -0.790. The summed E-state index contributed by atoms with van der Waals surface area (Å²) in [7, 11) is 3.62. The van der Waals surface area contributed by atoms with Gasteiger partial charge in [-0.25, -0.2) is 0 Å². The van der Waals surface area contributed by atoms with E-state index in [0.29, 0.717) is 19.6 Å². The van der Waals surface area contributed by atoms with Crippen LogP contribution in [0, 0.1) is 5.92 Å². The van der Waals surface area contributed by atoms with Gasteiger partial charge >= 0.3 is 0 Å². The number of carbonyl (C=O) groups is 1. The smallest absolute Gasteiger partial charge is 0.154 e. The number of methoxy groups -OCH3 is 1. The number of nitrogens with zero attached hydrogens (tertiary/aromatic N) is 1. The standard InChI is InChI=1S/C19H36N2O4/c1-8-19(9-2,23-7)18(20)17-15(12-25-14(5)24-10-3)11-16(13(4)22)21(17)6/h8,14-18H,1,9-12,20H2,2-7H3/t14?,15-,16+,17+,18?,19?/m0/s1. The Morgan fingerprint density at radius 3 is 2.52 bits per heavy atom. The second-order valence-electron chi connectivity index (χ2n) is 6.88. The zero-order chi connectivity index (χ0) is 19.2. The van der Waals surface area contributed by atoms with Gasteiger partial charge < -0.3 is 19.9 Å². The number of Topliss-reactive ketones (excluding diaryl/α,β-unsaturated/α-hetero) is 1. The number of hydrogen-bond donors (Lipinski definition) is 1. The van der Waals surface area contributed by atoms with Crippen LogP contribution in [0.1, 0.15) is 40.5 Å². The van der Waals surface area contributed by atoms with Gasteiger partial charge in [-0.3, -0.25) is 9.69 Å². The molecule has 0 aromatic rings. The van der Waals surface area contributed by atoms with E-state index < -0.39 is 5.60 Å². The number of likely N-dealkylation sites (N-methyl/N-ethyl adjacent to an activating group) is 1. The summed E-state index contributed by atoms with van der Waals surface area (Å²) in [6.07, 6.45) is 2.95. The highest BCUT2D eigenvalue weighted by Crippen LogP contribution is 2.36. The third kappa shape index (κ3) is 4.89. The summed E-state index contributed by atoms with van der Waals surface area (Å²) < 4.78 is 17.1. The molecule has 0 spiro atoms. The highest BCUT2D eigenvalue weighted by molar-refractivity contribution is 5.81. The van der Waals surface area contributed by atoms with Crippen LogP contribution in [0.25, 0.3) is 0 Å². The number of ether oxygens (including phenoxy) is 3. The molecular weight excluding hydrogens is 320 g/mol. The quantitative estimate of drug-likeness (QED) is 0.451. The maximum Gasteiger partial charge on any atom is 0.154 e. The van der Waals surface area contributed by atoms with Crippen LogP contribution in [-0.4, -0.2) is 68.1 Å². The van der Waals surface area contributed by atoms with Gasteiger partial charge in [-0.15, -0.1) is 6.58 Å². The van der Waals surface area contributed by atoms with E-state index in [1.807, 2.05) is 27.8 Å². The average molecular weight is 357 g/mol. The van der Waals surface area contributed by atoms with Crippen LogP contribution >= 0.6 is 0 Å². The summed E-state index contributed by atoms with van der Waals surface area (Å²) in [5.74, 6) is 0.274. The summed E-state index contributed by atoms with van der Waals surface area (Å²) in [4.78, 5) is 14.2. The number of rotatable bonds is 11. The minimum absolute atomic E-state index is 0.0411. The molecule has 1 rings (SSSR count). The van der Waals surface area contributed by atoms with Crippen molar-refractivity contribution in [1.82, 2.24) is 4.90 Å². The first-order valence-electron chi connectivity index (χ1n) is 9.17. The SMILES string of the molecule is C=CC(CC)(OC)C(N)[C@H]1[C@H](COC(C)OCC)C[C@H](C(C)=O)N1C. The first kappa shape index (κ1) is 22.3. The lowest BCUT2D eigenvalue weighted by Gasteiger charge is -2.42. The first-order valence-corrected chi connectivity index (χ1v) is 9.17. The maximum atomic E-state index is 12.1. The van der Waals surface area contributed by atoms with Crippen LogP contribution in [0.15, 0.2) is 12.7 Å². The summed E-state index contributed by atoms with van der Waals surface area (Å²) in [5, 5.41) is 0. The summed E-state index contributed by atoms with van der Waals surface area (Å²) in [6, 6.07) is -0.505. The largest absolute Gasteiger partial charge is 0.372 e. The molecule has 6 nitrogen and oxygen atoms in total.